The van der Waals surface area contributed by atoms with Gasteiger partial charge in [0.25, 0.3) is 0 Å². The fraction of sp³-hybridized carbons (Fsp3) is 0.333. The van der Waals surface area contributed by atoms with Gasteiger partial charge in [-0.15, -0.1) is 5.10 Å². The average molecular weight is 321 g/mol. The van der Waals surface area contributed by atoms with E-state index in [0.717, 1.165) is 42.1 Å². The molecule has 0 radical (unpaired) electrons. The summed E-state index contributed by atoms with van der Waals surface area (Å²) in [4.78, 5) is 22.0. The maximum absolute atomic E-state index is 10.9. The minimum absolute atomic E-state index is 0.0421. The van der Waals surface area contributed by atoms with E-state index >= 15 is 0 Å². The van der Waals surface area contributed by atoms with E-state index in [1.54, 1.807) is 4.52 Å². The zero-order valence-electron chi connectivity index (χ0n) is 13.8. The molecule has 3 aromatic rings. The molecule has 0 aliphatic carbocycles. The predicted molar refractivity (Wildman–Crippen MR) is 91.5 cm³/mol. The summed E-state index contributed by atoms with van der Waals surface area (Å²) >= 11 is 0. The van der Waals surface area contributed by atoms with Crippen molar-refractivity contribution in [2.24, 2.45) is 0 Å². The quantitative estimate of drug-likeness (QED) is 0.693. The first-order valence-electron chi connectivity index (χ1n) is 8.08. The molecule has 1 aliphatic heterocycles. The number of carbonyl (C=O) groups excluding carboxylic acids is 1. The SMILES string of the molecule is Cc1cc(N2CCC(C)(c3ccccn3)C2)cn2nc(C=O)nc12. The van der Waals surface area contributed by atoms with E-state index in [9.17, 15) is 4.79 Å². The van der Waals surface area contributed by atoms with Gasteiger partial charge in [0.1, 0.15) is 0 Å². The Hall–Kier alpha value is -2.76. The lowest BCUT2D eigenvalue weighted by atomic mass is 9.85. The molecule has 4 heterocycles. The Kier molecular flexibility index (Phi) is 3.33. The van der Waals surface area contributed by atoms with Crippen LogP contribution in [0.5, 0.6) is 0 Å². The molecule has 6 heteroatoms. The van der Waals surface area contributed by atoms with Crippen LogP contribution in [-0.2, 0) is 5.41 Å². The van der Waals surface area contributed by atoms with Crippen molar-refractivity contribution in [3.8, 4) is 0 Å². The number of hydrogen-bond donors (Lipinski definition) is 0. The van der Waals surface area contributed by atoms with Crippen molar-refractivity contribution in [3.63, 3.8) is 0 Å². The van der Waals surface area contributed by atoms with Crippen molar-refractivity contribution >= 4 is 17.6 Å². The first-order chi connectivity index (χ1) is 11.6. The van der Waals surface area contributed by atoms with Gasteiger partial charge in [-0.3, -0.25) is 9.78 Å². The van der Waals surface area contributed by atoms with Crippen LogP contribution >= 0.6 is 0 Å². The van der Waals surface area contributed by atoms with Crippen LogP contribution in [0.15, 0.2) is 36.7 Å². The van der Waals surface area contributed by atoms with Crippen LogP contribution in [-0.4, -0.2) is 39.0 Å². The second-order valence-corrected chi connectivity index (χ2v) is 6.68. The summed E-state index contributed by atoms with van der Waals surface area (Å²) in [5.41, 5.74) is 4.02. The molecule has 0 amide bonds. The lowest BCUT2D eigenvalue weighted by Crippen LogP contribution is -2.29. The van der Waals surface area contributed by atoms with Gasteiger partial charge in [0.05, 0.1) is 11.9 Å². The first-order valence-corrected chi connectivity index (χ1v) is 8.08. The normalized spacial score (nSPS) is 20.7. The fourth-order valence-corrected chi connectivity index (χ4v) is 3.48. The zero-order chi connectivity index (χ0) is 16.7. The highest BCUT2D eigenvalue weighted by molar-refractivity contribution is 5.71. The molecule has 3 aromatic heterocycles. The van der Waals surface area contributed by atoms with E-state index in [-0.39, 0.29) is 11.2 Å². The molecule has 0 bridgehead atoms. The van der Waals surface area contributed by atoms with Crippen LogP contribution in [0.3, 0.4) is 0 Å². The molecule has 1 aliphatic rings. The molecule has 1 atom stereocenters. The van der Waals surface area contributed by atoms with E-state index in [1.165, 1.54) is 0 Å². The van der Waals surface area contributed by atoms with Crippen molar-refractivity contribution in [2.75, 3.05) is 18.0 Å². The molecule has 1 fully saturated rings. The van der Waals surface area contributed by atoms with Crippen LogP contribution in [0.4, 0.5) is 5.69 Å². The molecule has 0 spiro atoms. The zero-order valence-corrected chi connectivity index (χ0v) is 13.8. The number of fused-ring (bicyclic) bond motifs is 1. The molecule has 0 saturated carbocycles. The number of aldehydes is 1. The Morgan fingerprint density at radius 3 is 2.96 bits per heavy atom. The number of nitrogens with zero attached hydrogens (tertiary/aromatic N) is 5. The maximum atomic E-state index is 10.9. The van der Waals surface area contributed by atoms with Crippen molar-refractivity contribution in [3.05, 3.63) is 53.7 Å². The second kappa shape index (κ2) is 5.40. The number of pyridine rings is 2. The van der Waals surface area contributed by atoms with Crippen molar-refractivity contribution in [1.82, 2.24) is 19.6 Å². The van der Waals surface area contributed by atoms with Crippen molar-refractivity contribution in [1.29, 1.82) is 0 Å². The molecule has 122 valence electrons. The summed E-state index contributed by atoms with van der Waals surface area (Å²) in [5.74, 6) is 0.218. The topological polar surface area (TPSA) is 63.4 Å². The summed E-state index contributed by atoms with van der Waals surface area (Å²) in [5, 5.41) is 4.22. The van der Waals surface area contributed by atoms with E-state index < -0.39 is 0 Å². The average Bonchev–Trinajstić information content (AvgIpc) is 3.20. The highest BCUT2D eigenvalue weighted by atomic mass is 16.1. The van der Waals surface area contributed by atoms with Crippen molar-refractivity contribution < 1.29 is 4.79 Å². The van der Waals surface area contributed by atoms with E-state index in [1.807, 2.05) is 31.5 Å². The lowest BCUT2D eigenvalue weighted by Gasteiger charge is -2.25. The highest BCUT2D eigenvalue weighted by Crippen LogP contribution is 2.35. The molecular weight excluding hydrogens is 302 g/mol. The van der Waals surface area contributed by atoms with Crippen LogP contribution < -0.4 is 4.90 Å². The fourth-order valence-electron chi connectivity index (χ4n) is 3.48. The number of aryl methyl sites for hydroxylation is 1. The van der Waals surface area contributed by atoms with E-state index in [4.69, 9.17) is 0 Å². The Labute approximate surface area is 140 Å². The molecule has 4 rings (SSSR count). The Balaban J connectivity index is 1.68. The maximum Gasteiger partial charge on any atom is 0.214 e. The van der Waals surface area contributed by atoms with Gasteiger partial charge in [0.2, 0.25) is 5.82 Å². The van der Waals surface area contributed by atoms with Gasteiger partial charge in [-0.05, 0) is 37.1 Å². The molecule has 0 aromatic carbocycles. The van der Waals surface area contributed by atoms with Crippen LogP contribution in [0, 0.1) is 6.92 Å². The number of anilines is 1. The number of carbonyl (C=O) groups is 1. The predicted octanol–water partition coefficient (Wildman–Crippen LogP) is 2.41. The largest absolute Gasteiger partial charge is 0.369 e. The third-order valence-corrected chi connectivity index (χ3v) is 4.85. The lowest BCUT2D eigenvalue weighted by molar-refractivity contribution is 0.111. The minimum Gasteiger partial charge on any atom is -0.369 e. The number of aromatic nitrogens is 4. The number of hydrogen-bond acceptors (Lipinski definition) is 5. The monoisotopic (exact) mass is 321 g/mol. The van der Waals surface area contributed by atoms with E-state index in [0.29, 0.717) is 6.29 Å². The molecule has 24 heavy (non-hydrogen) atoms. The van der Waals surface area contributed by atoms with Crippen LogP contribution in [0.2, 0.25) is 0 Å². The van der Waals surface area contributed by atoms with Gasteiger partial charge >= 0.3 is 0 Å². The number of rotatable bonds is 3. The smallest absolute Gasteiger partial charge is 0.214 e. The van der Waals surface area contributed by atoms with Gasteiger partial charge in [0.15, 0.2) is 11.9 Å². The Morgan fingerprint density at radius 1 is 1.33 bits per heavy atom. The Bertz CT molecular complexity index is 904. The molecule has 1 saturated heterocycles. The third kappa shape index (κ3) is 2.35. The third-order valence-electron chi connectivity index (χ3n) is 4.85. The van der Waals surface area contributed by atoms with Gasteiger partial charge in [-0.2, -0.15) is 0 Å². The van der Waals surface area contributed by atoms with Gasteiger partial charge in [0, 0.05) is 30.4 Å². The Morgan fingerprint density at radius 2 is 2.21 bits per heavy atom. The molecule has 0 N–H and O–H groups in total. The molecule has 6 nitrogen and oxygen atoms in total. The minimum atomic E-state index is 0.0421. The van der Waals surface area contributed by atoms with Crippen LogP contribution in [0.25, 0.3) is 5.65 Å². The highest BCUT2D eigenvalue weighted by Gasteiger charge is 2.36. The first kappa shape index (κ1) is 14.8. The molecular formula is C18H19N5O. The summed E-state index contributed by atoms with van der Waals surface area (Å²) in [6.07, 6.45) is 5.54. The standard InChI is InChI=1S/C18H19N5O/c1-13-9-14(10-23-17(13)20-16(11-24)21-23)22-8-6-18(2,12-22)15-5-3-4-7-19-15/h3-5,7,9-11H,6,8,12H2,1-2H3. The summed E-state index contributed by atoms with van der Waals surface area (Å²) in [6, 6.07) is 8.21. The summed E-state index contributed by atoms with van der Waals surface area (Å²) in [7, 11) is 0. The van der Waals surface area contributed by atoms with E-state index in [2.05, 4.69) is 39.0 Å². The summed E-state index contributed by atoms with van der Waals surface area (Å²) < 4.78 is 1.70. The van der Waals surface area contributed by atoms with Gasteiger partial charge < -0.3 is 4.90 Å². The van der Waals surface area contributed by atoms with Gasteiger partial charge in [-0.25, -0.2) is 9.50 Å². The van der Waals surface area contributed by atoms with Crippen molar-refractivity contribution in [2.45, 2.75) is 25.7 Å². The van der Waals surface area contributed by atoms with Gasteiger partial charge in [-0.1, -0.05) is 13.0 Å². The summed E-state index contributed by atoms with van der Waals surface area (Å²) in [6.45, 7) is 6.13. The molecule has 1 unspecified atom stereocenters. The van der Waals surface area contributed by atoms with Crippen LogP contribution in [0.1, 0.15) is 35.2 Å². The second-order valence-electron chi connectivity index (χ2n) is 6.68.